The summed E-state index contributed by atoms with van der Waals surface area (Å²) in [6.07, 6.45) is 0.958. The lowest BCUT2D eigenvalue weighted by Crippen LogP contribution is -2.41. The summed E-state index contributed by atoms with van der Waals surface area (Å²) in [6.45, 7) is 1.77. The van der Waals surface area contributed by atoms with E-state index in [-0.39, 0.29) is 12.1 Å². The van der Waals surface area contributed by atoms with Crippen molar-refractivity contribution < 1.29 is 4.79 Å². The Morgan fingerprint density at radius 3 is 3.06 bits per heavy atom. The van der Waals surface area contributed by atoms with Crippen LogP contribution in [0.3, 0.4) is 0 Å². The molecule has 2 N–H and O–H groups in total. The molecule has 1 atom stereocenters. The molecule has 1 unspecified atom stereocenters. The minimum absolute atomic E-state index is 0.122. The fraction of sp³-hybridized carbons (Fsp3) is 0.417. The van der Waals surface area contributed by atoms with Gasteiger partial charge in [-0.2, -0.15) is 0 Å². The number of benzene rings is 1. The predicted molar refractivity (Wildman–Crippen MR) is 69.7 cm³/mol. The third kappa shape index (κ3) is 3.03. The maximum atomic E-state index is 11.2. The number of nitrogens with one attached hydrogen (secondary N) is 2. The number of hydrogen-bond donors (Lipinski definition) is 2. The number of rotatable bonds is 2. The normalized spacial score (nSPS) is 19.2. The van der Waals surface area contributed by atoms with Gasteiger partial charge in [-0.1, -0.05) is 17.7 Å². The highest BCUT2D eigenvalue weighted by Crippen LogP contribution is 2.23. The van der Waals surface area contributed by atoms with Crippen molar-refractivity contribution >= 4 is 23.3 Å². The first-order valence-corrected chi connectivity index (χ1v) is 6.05. The number of halogens is 1. The average Bonchev–Trinajstić information content (AvgIpc) is 2.77. The molecule has 1 aliphatic rings. The molecule has 0 saturated carbocycles. The zero-order chi connectivity index (χ0) is 12.3. The van der Waals surface area contributed by atoms with Crippen LogP contribution in [0, 0.1) is 0 Å². The van der Waals surface area contributed by atoms with Gasteiger partial charge in [0.05, 0.1) is 0 Å². The largest absolute Gasteiger partial charge is 0.369 e. The molecule has 0 radical (unpaired) electrons. The number of amides is 2. The Morgan fingerprint density at radius 1 is 1.53 bits per heavy atom. The van der Waals surface area contributed by atoms with Crippen molar-refractivity contribution in [2.75, 3.05) is 25.0 Å². The number of hydrogen-bond acceptors (Lipinski definition) is 2. The van der Waals surface area contributed by atoms with Gasteiger partial charge in [0.1, 0.15) is 0 Å². The molecule has 2 amide bonds. The van der Waals surface area contributed by atoms with E-state index < -0.39 is 0 Å². The van der Waals surface area contributed by atoms with Gasteiger partial charge >= 0.3 is 6.03 Å². The minimum atomic E-state index is -0.122. The number of carbonyl (C=O) groups is 1. The number of anilines is 1. The van der Waals surface area contributed by atoms with E-state index in [1.165, 1.54) is 0 Å². The molecule has 2 rings (SSSR count). The minimum Gasteiger partial charge on any atom is -0.369 e. The Morgan fingerprint density at radius 2 is 2.35 bits per heavy atom. The summed E-state index contributed by atoms with van der Waals surface area (Å²) in [4.78, 5) is 13.4. The zero-order valence-corrected chi connectivity index (χ0v) is 10.5. The molecule has 17 heavy (non-hydrogen) atoms. The number of urea groups is 1. The standard InChI is InChI=1S/C12H16ClN3O/c1-14-12(17)15-10-5-6-16(8-10)11-4-2-3-9(13)7-11/h2-4,7,10H,5-6,8H2,1H3,(H2,14,15,17). The Hall–Kier alpha value is -1.42. The number of nitrogens with zero attached hydrogens (tertiary/aromatic N) is 1. The summed E-state index contributed by atoms with van der Waals surface area (Å²) in [6, 6.07) is 7.87. The first kappa shape index (κ1) is 12.0. The summed E-state index contributed by atoms with van der Waals surface area (Å²) in [5, 5.41) is 6.23. The van der Waals surface area contributed by atoms with E-state index in [0.29, 0.717) is 0 Å². The Bertz CT molecular complexity index is 410. The van der Waals surface area contributed by atoms with Gasteiger partial charge < -0.3 is 15.5 Å². The lowest BCUT2D eigenvalue weighted by atomic mass is 10.3. The van der Waals surface area contributed by atoms with Crippen LogP contribution in [0.4, 0.5) is 10.5 Å². The molecule has 5 heteroatoms. The molecule has 1 aromatic carbocycles. The average molecular weight is 254 g/mol. The second-order valence-corrected chi connectivity index (χ2v) is 4.57. The van der Waals surface area contributed by atoms with Gasteiger partial charge in [-0.15, -0.1) is 0 Å². The van der Waals surface area contributed by atoms with Gasteiger partial charge in [0.25, 0.3) is 0 Å². The smallest absolute Gasteiger partial charge is 0.314 e. The predicted octanol–water partition coefficient (Wildman–Crippen LogP) is 1.85. The molecule has 0 aromatic heterocycles. The number of carbonyl (C=O) groups excluding carboxylic acids is 1. The van der Waals surface area contributed by atoms with Gasteiger partial charge in [0.15, 0.2) is 0 Å². The monoisotopic (exact) mass is 253 g/mol. The van der Waals surface area contributed by atoms with Gasteiger partial charge in [-0.05, 0) is 24.6 Å². The lowest BCUT2D eigenvalue weighted by Gasteiger charge is -2.19. The second-order valence-electron chi connectivity index (χ2n) is 4.13. The molecule has 1 aliphatic heterocycles. The Labute approximate surface area is 106 Å². The van der Waals surface area contributed by atoms with E-state index in [2.05, 4.69) is 15.5 Å². The van der Waals surface area contributed by atoms with Gasteiger partial charge in [0.2, 0.25) is 0 Å². The van der Waals surface area contributed by atoms with Gasteiger partial charge in [-0.3, -0.25) is 0 Å². The summed E-state index contributed by atoms with van der Waals surface area (Å²) < 4.78 is 0. The Kier molecular flexibility index (Phi) is 3.74. The molecule has 0 bridgehead atoms. The molecule has 92 valence electrons. The summed E-state index contributed by atoms with van der Waals surface area (Å²) in [7, 11) is 1.62. The fourth-order valence-electron chi connectivity index (χ4n) is 2.04. The van der Waals surface area contributed by atoms with Crippen LogP contribution in [0.25, 0.3) is 0 Å². The van der Waals surface area contributed by atoms with Crippen LogP contribution < -0.4 is 15.5 Å². The third-order valence-corrected chi connectivity index (χ3v) is 3.16. The van der Waals surface area contributed by atoms with E-state index in [9.17, 15) is 4.79 Å². The fourth-order valence-corrected chi connectivity index (χ4v) is 2.23. The van der Waals surface area contributed by atoms with E-state index in [1.807, 2.05) is 24.3 Å². The van der Waals surface area contributed by atoms with Gasteiger partial charge in [-0.25, -0.2) is 4.79 Å². The lowest BCUT2D eigenvalue weighted by molar-refractivity contribution is 0.240. The highest BCUT2D eigenvalue weighted by molar-refractivity contribution is 6.30. The first-order valence-electron chi connectivity index (χ1n) is 5.68. The van der Waals surface area contributed by atoms with Crippen LogP contribution in [0.2, 0.25) is 5.02 Å². The van der Waals surface area contributed by atoms with E-state index in [1.54, 1.807) is 7.05 Å². The molecular weight excluding hydrogens is 238 g/mol. The van der Waals surface area contributed by atoms with Crippen LogP contribution >= 0.6 is 11.6 Å². The van der Waals surface area contributed by atoms with Crippen molar-refractivity contribution in [1.82, 2.24) is 10.6 Å². The maximum absolute atomic E-state index is 11.2. The van der Waals surface area contributed by atoms with E-state index in [4.69, 9.17) is 11.6 Å². The highest BCUT2D eigenvalue weighted by atomic mass is 35.5. The SMILES string of the molecule is CNC(=O)NC1CCN(c2cccc(Cl)c2)C1. The molecule has 1 saturated heterocycles. The summed E-state index contributed by atoms with van der Waals surface area (Å²) in [5.41, 5.74) is 1.11. The quantitative estimate of drug-likeness (QED) is 0.845. The van der Waals surface area contributed by atoms with Gasteiger partial charge in [0, 0.05) is 36.9 Å². The molecule has 1 fully saturated rings. The van der Waals surface area contributed by atoms with Crippen molar-refractivity contribution in [3.8, 4) is 0 Å². The molecule has 4 nitrogen and oxygen atoms in total. The summed E-state index contributed by atoms with van der Waals surface area (Å²) in [5.74, 6) is 0. The third-order valence-electron chi connectivity index (χ3n) is 2.92. The van der Waals surface area contributed by atoms with Crippen LogP contribution in [0.1, 0.15) is 6.42 Å². The van der Waals surface area contributed by atoms with E-state index >= 15 is 0 Å². The first-order chi connectivity index (χ1) is 8.19. The maximum Gasteiger partial charge on any atom is 0.314 e. The van der Waals surface area contributed by atoms with Crippen molar-refractivity contribution in [2.45, 2.75) is 12.5 Å². The highest BCUT2D eigenvalue weighted by Gasteiger charge is 2.23. The molecule has 1 heterocycles. The van der Waals surface area contributed by atoms with Crippen molar-refractivity contribution in [3.05, 3.63) is 29.3 Å². The van der Waals surface area contributed by atoms with Crippen LogP contribution in [-0.4, -0.2) is 32.2 Å². The summed E-state index contributed by atoms with van der Waals surface area (Å²) >= 11 is 5.96. The molecule has 1 aromatic rings. The van der Waals surface area contributed by atoms with Crippen LogP contribution in [-0.2, 0) is 0 Å². The topological polar surface area (TPSA) is 44.4 Å². The second kappa shape index (κ2) is 5.27. The molecule has 0 aliphatic carbocycles. The van der Waals surface area contributed by atoms with Crippen LogP contribution in [0.5, 0.6) is 0 Å². The molecular formula is C12H16ClN3O. The van der Waals surface area contributed by atoms with Crippen molar-refractivity contribution in [2.24, 2.45) is 0 Å². The molecule has 0 spiro atoms. The van der Waals surface area contributed by atoms with Crippen molar-refractivity contribution in [3.63, 3.8) is 0 Å². The van der Waals surface area contributed by atoms with Crippen LogP contribution in [0.15, 0.2) is 24.3 Å². The Balaban J connectivity index is 1.96. The van der Waals surface area contributed by atoms with Crippen molar-refractivity contribution in [1.29, 1.82) is 0 Å². The van der Waals surface area contributed by atoms with E-state index in [0.717, 1.165) is 30.2 Å². The zero-order valence-electron chi connectivity index (χ0n) is 9.74.